The molecular weight excluding hydrogens is 358 g/mol. The third kappa shape index (κ3) is 3.33. The maximum atomic E-state index is 13.5. The van der Waals surface area contributed by atoms with Gasteiger partial charge < -0.3 is 14.8 Å². The lowest BCUT2D eigenvalue weighted by molar-refractivity contribution is 0.176. The zero-order chi connectivity index (χ0) is 19.8. The first-order valence-electron chi connectivity index (χ1n) is 10.6. The highest BCUT2D eigenvalue weighted by atomic mass is 16.2. The minimum atomic E-state index is -0.126. The van der Waals surface area contributed by atoms with E-state index in [-0.39, 0.29) is 12.1 Å². The third-order valence-electron chi connectivity index (χ3n) is 6.30. The molecular formula is C25H27N3O. The lowest BCUT2D eigenvalue weighted by Crippen LogP contribution is -2.45. The zero-order valence-electron chi connectivity index (χ0n) is 16.8. The summed E-state index contributed by atoms with van der Waals surface area (Å²) in [6, 6.07) is 21.4. The number of carbonyl (C=O) groups is 1. The van der Waals surface area contributed by atoms with Crippen molar-refractivity contribution in [3.8, 4) is 5.69 Å². The molecule has 1 aliphatic heterocycles. The molecule has 3 aromatic rings. The fraction of sp³-hybridized carbons (Fsp3) is 0.320. The second-order valence-corrected chi connectivity index (χ2v) is 8.30. The zero-order valence-corrected chi connectivity index (χ0v) is 16.8. The minimum Gasteiger partial charge on any atom is -0.335 e. The van der Waals surface area contributed by atoms with E-state index in [9.17, 15) is 4.79 Å². The van der Waals surface area contributed by atoms with Crippen LogP contribution in [0.5, 0.6) is 0 Å². The second-order valence-electron chi connectivity index (χ2n) is 8.30. The van der Waals surface area contributed by atoms with E-state index >= 15 is 0 Å². The lowest BCUT2D eigenvalue weighted by Gasteiger charge is -2.32. The maximum absolute atomic E-state index is 13.5. The lowest BCUT2D eigenvalue weighted by atomic mass is 10.0. The Hall–Kier alpha value is -3.01. The van der Waals surface area contributed by atoms with E-state index in [1.165, 1.54) is 24.0 Å². The van der Waals surface area contributed by atoms with Gasteiger partial charge in [0, 0.05) is 17.9 Å². The molecule has 0 bridgehead atoms. The van der Waals surface area contributed by atoms with Gasteiger partial charge in [-0.1, -0.05) is 60.9 Å². The summed E-state index contributed by atoms with van der Waals surface area (Å²) in [6.07, 6.45) is 6.69. The van der Waals surface area contributed by atoms with Crippen LogP contribution in [0, 0.1) is 6.92 Å². The van der Waals surface area contributed by atoms with E-state index < -0.39 is 0 Å². The summed E-state index contributed by atoms with van der Waals surface area (Å²) in [5, 5.41) is 3.32. The Labute approximate surface area is 172 Å². The molecule has 2 heterocycles. The molecule has 1 fully saturated rings. The number of urea groups is 1. The molecule has 1 atom stereocenters. The Balaban J connectivity index is 1.61. The number of amides is 2. The third-order valence-corrected chi connectivity index (χ3v) is 6.30. The number of hydrogen-bond donors (Lipinski definition) is 1. The van der Waals surface area contributed by atoms with Gasteiger partial charge in [-0.15, -0.1) is 0 Å². The smallest absolute Gasteiger partial charge is 0.318 e. The standard InChI is InChI=1S/C25H27N3O/c1-18-12-14-19(15-13-18)24-23-11-6-16-27(23)22-10-5-2-7-20(22)17-28(24)25(29)26-21-8-3-4-9-21/h2,5-7,10-16,21,24H,3-4,8-9,17H2,1H3,(H,26,29). The topological polar surface area (TPSA) is 37.3 Å². The monoisotopic (exact) mass is 385 g/mol. The molecule has 1 aromatic heterocycles. The Morgan fingerprint density at radius 2 is 1.72 bits per heavy atom. The number of rotatable bonds is 2. The quantitative estimate of drug-likeness (QED) is 0.635. The number of carbonyl (C=O) groups excluding carboxylic acids is 1. The minimum absolute atomic E-state index is 0.0342. The van der Waals surface area contributed by atoms with Crippen LogP contribution in [-0.4, -0.2) is 21.5 Å². The largest absolute Gasteiger partial charge is 0.335 e. The van der Waals surface area contributed by atoms with Crippen LogP contribution in [0.1, 0.15) is 54.1 Å². The molecule has 1 N–H and O–H groups in total. The van der Waals surface area contributed by atoms with E-state index in [2.05, 4.69) is 83.7 Å². The van der Waals surface area contributed by atoms with Gasteiger partial charge in [0.05, 0.1) is 18.3 Å². The van der Waals surface area contributed by atoms with Crippen molar-refractivity contribution in [3.05, 3.63) is 89.2 Å². The first kappa shape index (κ1) is 18.0. The van der Waals surface area contributed by atoms with Crippen LogP contribution in [0.2, 0.25) is 0 Å². The maximum Gasteiger partial charge on any atom is 0.318 e. The van der Waals surface area contributed by atoms with Crippen molar-refractivity contribution in [2.24, 2.45) is 0 Å². The number of hydrogen-bond acceptors (Lipinski definition) is 1. The van der Waals surface area contributed by atoms with Crippen molar-refractivity contribution in [2.75, 3.05) is 0 Å². The summed E-state index contributed by atoms with van der Waals surface area (Å²) in [5.74, 6) is 0. The summed E-state index contributed by atoms with van der Waals surface area (Å²) in [5.41, 5.74) is 5.82. The van der Waals surface area contributed by atoms with Crippen molar-refractivity contribution < 1.29 is 4.79 Å². The molecule has 0 radical (unpaired) electrons. The fourth-order valence-corrected chi connectivity index (χ4v) is 4.77. The molecule has 1 aliphatic carbocycles. The average Bonchev–Trinajstić information content (AvgIpc) is 3.39. The van der Waals surface area contributed by atoms with Gasteiger partial charge in [-0.3, -0.25) is 0 Å². The molecule has 148 valence electrons. The molecule has 0 saturated heterocycles. The molecule has 1 unspecified atom stereocenters. The Kier molecular flexibility index (Phi) is 4.62. The number of nitrogens with one attached hydrogen (secondary N) is 1. The molecule has 29 heavy (non-hydrogen) atoms. The van der Waals surface area contributed by atoms with Crippen LogP contribution in [-0.2, 0) is 6.54 Å². The number of aromatic nitrogens is 1. The fourth-order valence-electron chi connectivity index (χ4n) is 4.77. The van der Waals surface area contributed by atoms with Crippen molar-refractivity contribution in [1.29, 1.82) is 0 Å². The Morgan fingerprint density at radius 1 is 0.966 bits per heavy atom. The SMILES string of the molecule is Cc1ccc(C2c3cccn3-c3ccccc3CN2C(=O)NC2CCCC2)cc1. The molecule has 2 aliphatic rings. The van der Waals surface area contributed by atoms with Crippen LogP contribution in [0.15, 0.2) is 66.9 Å². The molecule has 2 amide bonds. The van der Waals surface area contributed by atoms with Gasteiger partial charge in [-0.2, -0.15) is 0 Å². The van der Waals surface area contributed by atoms with Gasteiger partial charge in [0.15, 0.2) is 0 Å². The van der Waals surface area contributed by atoms with Gasteiger partial charge >= 0.3 is 6.03 Å². The molecule has 4 nitrogen and oxygen atoms in total. The van der Waals surface area contributed by atoms with Crippen LogP contribution < -0.4 is 5.32 Å². The Morgan fingerprint density at radius 3 is 2.52 bits per heavy atom. The predicted octanol–water partition coefficient (Wildman–Crippen LogP) is 5.34. The number of benzene rings is 2. The summed E-state index contributed by atoms with van der Waals surface area (Å²) >= 11 is 0. The number of para-hydroxylation sites is 1. The van der Waals surface area contributed by atoms with Crippen LogP contribution in [0.4, 0.5) is 4.79 Å². The molecule has 5 rings (SSSR count). The highest BCUT2D eigenvalue weighted by Crippen LogP contribution is 2.36. The van der Waals surface area contributed by atoms with Crippen LogP contribution in [0.3, 0.4) is 0 Å². The van der Waals surface area contributed by atoms with Crippen LogP contribution >= 0.6 is 0 Å². The van der Waals surface area contributed by atoms with E-state index in [4.69, 9.17) is 0 Å². The highest BCUT2D eigenvalue weighted by Gasteiger charge is 2.33. The molecule has 4 heteroatoms. The summed E-state index contributed by atoms with van der Waals surface area (Å²) < 4.78 is 2.24. The summed E-state index contributed by atoms with van der Waals surface area (Å²) in [6.45, 7) is 2.69. The summed E-state index contributed by atoms with van der Waals surface area (Å²) in [4.78, 5) is 15.5. The highest BCUT2D eigenvalue weighted by molar-refractivity contribution is 5.76. The Bertz CT molecular complexity index is 1010. The number of fused-ring (bicyclic) bond motifs is 3. The van der Waals surface area contributed by atoms with E-state index in [0.29, 0.717) is 12.6 Å². The average molecular weight is 386 g/mol. The second kappa shape index (κ2) is 7.43. The van der Waals surface area contributed by atoms with Crippen LogP contribution in [0.25, 0.3) is 5.69 Å². The normalized spacial score (nSPS) is 18.8. The molecule has 1 saturated carbocycles. The van der Waals surface area contributed by atoms with Gasteiger partial charge in [0.2, 0.25) is 0 Å². The van der Waals surface area contributed by atoms with Crippen molar-refractivity contribution in [3.63, 3.8) is 0 Å². The van der Waals surface area contributed by atoms with E-state index in [1.54, 1.807) is 0 Å². The van der Waals surface area contributed by atoms with Gasteiger partial charge in [-0.05, 0) is 49.1 Å². The van der Waals surface area contributed by atoms with Gasteiger partial charge in [-0.25, -0.2) is 4.79 Å². The molecule has 2 aromatic carbocycles. The molecule has 0 spiro atoms. The predicted molar refractivity (Wildman–Crippen MR) is 115 cm³/mol. The first-order chi connectivity index (χ1) is 14.2. The van der Waals surface area contributed by atoms with Crippen molar-refractivity contribution >= 4 is 6.03 Å². The van der Waals surface area contributed by atoms with Gasteiger partial charge in [0.25, 0.3) is 0 Å². The first-order valence-corrected chi connectivity index (χ1v) is 10.6. The number of nitrogens with zero attached hydrogens (tertiary/aromatic N) is 2. The van der Waals surface area contributed by atoms with E-state index in [1.807, 2.05) is 4.90 Å². The van der Waals surface area contributed by atoms with Gasteiger partial charge in [0.1, 0.15) is 0 Å². The summed E-state index contributed by atoms with van der Waals surface area (Å²) in [7, 11) is 0. The van der Waals surface area contributed by atoms with E-state index in [0.717, 1.165) is 29.8 Å². The van der Waals surface area contributed by atoms with Crippen molar-refractivity contribution in [2.45, 2.75) is 51.2 Å². The van der Waals surface area contributed by atoms with Crippen molar-refractivity contribution in [1.82, 2.24) is 14.8 Å². The number of aryl methyl sites for hydroxylation is 1.